The van der Waals surface area contributed by atoms with E-state index in [4.69, 9.17) is 0 Å². The van der Waals surface area contributed by atoms with Gasteiger partial charge in [0.25, 0.3) is 0 Å². The van der Waals surface area contributed by atoms with Crippen LogP contribution in [0.3, 0.4) is 0 Å². The summed E-state index contributed by atoms with van der Waals surface area (Å²) in [5.41, 5.74) is 2.59. The third kappa shape index (κ3) is 3.80. The molecule has 0 saturated heterocycles. The molecule has 1 rings (SSSR count). The van der Waals surface area contributed by atoms with Crippen LogP contribution in [0.15, 0.2) is 18.5 Å². The van der Waals surface area contributed by atoms with E-state index in [0.717, 1.165) is 6.54 Å². The molecule has 0 aliphatic rings. The summed E-state index contributed by atoms with van der Waals surface area (Å²) in [6, 6.07) is 2.42. The van der Waals surface area contributed by atoms with Crippen molar-refractivity contribution in [3.05, 3.63) is 29.6 Å². The molecule has 0 fully saturated rings. The van der Waals surface area contributed by atoms with Crippen molar-refractivity contribution in [2.75, 3.05) is 12.8 Å². The first-order chi connectivity index (χ1) is 7.46. The van der Waals surface area contributed by atoms with Gasteiger partial charge in [0.05, 0.1) is 0 Å². The van der Waals surface area contributed by atoms with E-state index in [0.29, 0.717) is 6.04 Å². The molecule has 0 aliphatic heterocycles. The lowest BCUT2D eigenvalue weighted by molar-refractivity contribution is 0.520. The number of hydrogen-bond acceptors (Lipinski definition) is 3. The average molecular weight is 238 g/mol. The molecular weight excluding hydrogens is 216 g/mol. The zero-order valence-corrected chi connectivity index (χ0v) is 11.7. The molecule has 1 N–H and O–H groups in total. The first-order valence-electron chi connectivity index (χ1n) is 5.65. The molecule has 1 aromatic heterocycles. The Kier molecular flexibility index (Phi) is 4.81. The highest BCUT2D eigenvalue weighted by molar-refractivity contribution is 7.99. The lowest BCUT2D eigenvalue weighted by atomic mass is 10.0. The number of nitrogens with one attached hydrogen (secondary N) is 1. The van der Waals surface area contributed by atoms with Crippen molar-refractivity contribution in [3.8, 4) is 0 Å². The lowest BCUT2D eigenvalue weighted by Crippen LogP contribution is -2.33. The summed E-state index contributed by atoms with van der Waals surface area (Å²) in [6.07, 6.45) is 5.96. The highest BCUT2D eigenvalue weighted by Crippen LogP contribution is 2.22. The minimum atomic E-state index is 0.282. The van der Waals surface area contributed by atoms with Crippen LogP contribution in [0.25, 0.3) is 0 Å². The number of aromatic nitrogens is 1. The van der Waals surface area contributed by atoms with Crippen LogP contribution in [-0.2, 0) is 0 Å². The second kappa shape index (κ2) is 5.69. The maximum atomic E-state index is 4.19. The number of aryl methyl sites for hydroxylation is 1. The van der Waals surface area contributed by atoms with E-state index in [-0.39, 0.29) is 4.75 Å². The SMILES string of the molecule is CSC(C)(C)CNC(C)c1cnccc1C. The Balaban J connectivity index is 2.60. The van der Waals surface area contributed by atoms with Crippen molar-refractivity contribution < 1.29 is 0 Å². The molecule has 90 valence electrons. The molecule has 16 heavy (non-hydrogen) atoms. The fourth-order valence-corrected chi connectivity index (χ4v) is 1.74. The van der Waals surface area contributed by atoms with E-state index in [9.17, 15) is 0 Å². The van der Waals surface area contributed by atoms with Gasteiger partial charge in [-0.05, 0) is 51.1 Å². The van der Waals surface area contributed by atoms with E-state index in [1.807, 2.05) is 24.2 Å². The van der Waals surface area contributed by atoms with Crippen LogP contribution >= 0.6 is 11.8 Å². The molecule has 3 heteroatoms. The van der Waals surface area contributed by atoms with Gasteiger partial charge in [-0.15, -0.1) is 0 Å². The molecule has 0 bridgehead atoms. The van der Waals surface area contributed by atoms with E-state index in [2.05, 4.69) is 50.3 Å². The monoisotopic (exact) mass is 238 g/mol. The molecule has 0 aliphatic carbocycles. The van der Waals surface area contributed by atoms with Gasteiger partial charge in [-0.25, -0.2) is 0 Å². The minimum absolute atomic E-state index is 0.282. The van der Waals surface area contributed by atoms with Crippen LogP contribution in [0.5, 0.6) is 0 Å². The summed E-state index contributed by atoms with van der Waals surface area (Å²) >= 11 is 1.89. The molecule has 2 nitrogen and oxygen atoms in total. The van der Waals surface area contributed by atoms with Crippen molar-refractivity contribution in [1.82, 2.24) is 10.3 Å². The van der Waals surface area contributed by atoms with Gasteiger partial charge in [0.1, 0.15) is 0 Å². The topological polar surface area (TPSA) is 24.9 Å². The molecule has 0 saturated carbocycles. The number of hydrogen-bond donors (Lipinski definition) is 1. The maximum absolute atomic E-state index is 4.19. The van der Waals surface area contributed by atoms with Crippen LogP contribution in [0.1, 0.15) is 37.9 Å². The van der Waals surface area contributed by atoms with Crippen LogP contribution in [0, 0.1) is 6.92 Å². The maximum Gasteiger partial charge on any atom is 0.0318 e. The normalized spacial score (nSPS) is 13.8. The Morgan fingerprint density at radius 2 is 2.19 bits per heavy atom. The second-order valence-electron chi connectivity index (χ2n) is 4.80. The van der Waals surface area contributed by atoms with Crippen LogP contribution < -0.4 is 5.32 Å². The van der Waals surface area contributed by atoms with E-state index >= 15 is 0 Å². The molecule has 1 atom stereocenters. The van der Waals surface area contributed by atoms with Crippen LogP contribution in [-0.4, -0.2) is 22.5 Å². The highest BCUT2D eigenvalue weighted by Gasteiger charge is 2.17. The van der Waals surface area contributed by atoms with Gasteiger partial charge in [-0.1, -0.05) is 0 Å². The first-order valence-corrected chi connectivity index (χ1v) is 6.88. The summed E-state index contributed by atoms with van der Waals surface area (Å²) in [7, 11) is 0. The Morgan fingerprint density at radius 3 is 2.75 bits per heavy atom. The molecule has 0 aromatic carbocycles. The first kappa shape index (κ1) is 13.5. The van der Waals surface area contributed by atoms with Gasteiger partial charge in [0.2, 0.25) is 0 Å². The fraction of sp³-hybridized carbons (Fsp3) is 0.615. The lowest BCUT2D eigenvalue weighted by Gasteiger charge is -2.25. The van der Waals surface area contributed by atoms with Gasteiger partial charge >= 0.3 is 0 Å². The number of thioether (sulfide) groups is 1. The summed E-state index contributed by atoms with van der Waals surface area (Å²) in [5, 5.41) is 3.57. The van der Waals surface area contributed by atoms with Crippen molar-refractivity contribution >= 4 is 11.8 Å². The summed E-state index contributed by atoms with van der Waals surface area (Å²) in [5.74, 6) is 0. The van der Waals surface area contributed by atoms with Crippen molar-refractivity contribution in [2.45, 2.75) is 38.5 Å². The Morgan fingerprint density at radius 1 is 1.50 bits per heavy atom. The Bertz CT molecular complexity index is 336. The van der Waals surface area contributed by atoms with Gasteiger partial charge < -0.3 is 5.32 Å². The third-order valence-electron chi connectivity index (χ3n) is 2.93. The predicted molar refractivity (Wildman–Crippen MR) is 73.0 cm³/mol. The van der Waals surface area contributed by atoms with E-state index in [1.54, 1.807) is 0 Å². The zero-order chi connectivity index (χ0) is 12.2. The number of rotatable bonds is 5. The molecule has 0 amide bonds. The molecule has 0 radical (unpaired) electrons. The fourth-order valence-electron chi connectivity index (χ4n) is 1.51. The highest BCUT2D eigenvalue weighted by atomic mass is 32.2. The smallest absolute Gasteiger partial charge is 0.0318 e. The summed E-state index contributed by atoms with van der Waals surface area (Å²) < 4.78 is 0.282. The Hall–Kier alpha value is -0.540. The quantitative estimate of drug-likeness (QED) is 0.853. The molecule has 1 aromatic rings. The predicted octanol–water partition coefficient (Wildman–Crippen LogP) is 3.18. The van der Waals surface area contributed by atoms with Crippen molar-refractivity contribution in [3.63, 3.8) is 0 Å². The molecule has 0 spiro atoms. The number of nitrogens with zero attached hydrogens (tertiary/aromatic N) is 1. The average Bonchev–Trinajstić information content (AvgIpc) is 2.27. The van der Waals surface area contributed by atoms with E-state index in [1.165, 1.54) is 11.1 Å². The molecular formula is C13H22N2S. The van der Waals surface area contributed by atoms with Gasteiger partial charge in [0.15, 0.2) is 0 Å². The van der Waals surface area contributed by atoms with Gasteiger partial charge in [0, 0.05) is 29.7 Å². The largest absolute Gasteiger partial charge is 0.309 e. The molecule has 1 heterocycles. The summed E-state index contributed by atoms with van der Waals surface area (Å²) in [6.45, 7) is 9.85. The van der Waals surface area contributed by atoms with Gasteiger partial charge in [-0.2, -0.15) is 11.8 Å². The third-order valence-corrected chi connectivity index (χ3v) is 4.18. The van der Waals surface area contributed by atoms with Crippen molar-refractivity contribution in [2.24, 2.45) is 0 Å². The minimum Gasteiger partial charge on any atom is -0.309 e. The zero-order valence-electron chi connectivity index (χ0n) is 10.9. The number of pyridine rings is 1. The summed E-state index contributed by atoms with van der Waals surface area (Å²) in [4.78, 5) is 4.19. The van der Waals surface area contributed by atoms with Crippen molar-refractivity contribution in [1.29, 1.82) is 0 Å². The van der Waals surface area contributed by atoms with Gasteiger partial charge in [-0.3, -0.25) is 4.98 Å². The van der Waals surface area contributed by atoms with Crippen LogP contribution in [0.2, 0.25) is 0 Å². The molecule has 1 unspecified atom stereocenters. The second-order valence-corrected chi connectivity index (χ2v) is 6.31. The van der Waals surface area contributed by atoms with Crippen LogP contribution in [0.4, 0.5) is 0 Å². The van der Waals surface area contributed by atoms with E-state index < -0.39 is 0 Å². The Labute approximate surface area is 103 Å². The standard InChI is InChI=1S/C13H22N2S/c1-10-6-7-14-8-12(10)11(2)15-9-13(3,4)16-5/h6-8,11,15H,9H2,1-5H3.